The molecule has 3 rings (SSSR count). The van der Waals surface area contributed by atoms with Gasteiger partial charge in [0.2, 0.25) is 0 Å². The van der Waals surface area contributed by atoms with Crippen LogP contribution in [0.4, 0.5) is 11.4 Å². The van der Waals surface area contributed by atoms with Crippen molar-refractivity contribution in [2.24, 2.45) is 0 Å². The van der Waals surface area contributed by atoms with E-state index in [9.17, 15) is 4.79 Å². The SMILES string of the molecule is Cc1cc(N2CCCC2)ccc1NC(=O)COc1cccc(C)c1C. The Balaban J connectivity index is 1.60. The fourth-order valence-corrected chi connectivity index (χ4v) is 3.17. The maximum atomic E-state index is 12.2. The molecule has 0 saturated carbocycles. The van der Waals surface area contributed by atoms with Crippen molar-refractivity contribution >= 4 is 17.3 Å². The molecule has 2 aromatic carbocycles. The first-order chi connectivity index (χ1) is 12.0. The van der Waals surface area contributed by atoms with Gasteiger partial charge in [-0.15, -0.1) is 0 Å². The first-order valence-corrected chi connectivity index (χ1v) is 8.89. The molecule has 4 nitrogen and oxygen atoms in total. The number of carbonyl (C=O) groups excluding carboxylic acids is 1. The number of benzene rings is 2. The minimum atomic E-state index is -0.141. The second kappa shape index (κ2) is 7.60. The van der Waals surface area contributed by atoms with Gasteiger partial charge in [0, 0.05) is 24.5 Å². The molecule has 0 radical (unpaired) electrons. The highest BCUT2D eigenvalue weighted by molar-refractivity contribution is 5.92. The molecule has 1 fully saturated rings. The van der Waals surface area contributed by atoms with Crippen LogP contribution in [0.2, 0.25) is 0 Å². The molecule has 0 atom stereocenters. The highest BCUT2D eigenvalue weighted by Gasteiger charge is 2.14. The highest BCUT2D eigenvalue weighted by atomic mass is 16.5. The Hall–Kier alpha value is -2.49. The third kappa shape index (κ3) is 4.13. The van der Waals surface area contributed by atoms with E-state index >= 15 is 0 Å². The molecule has 0 aliphatic carbocycles. The summed E-state index contributed by atoms with van der Waals surface area (Å²) in [4.78, 5) is 14.6. The second-order valence-electron chi connectivity index (χ2n) is 6.73. The first kappa shape index (κ1) is 17.3. The zero-order chi connectivity index (χ0) is 17.8. The lowest BCUT2D eigenvalue weighted by Crippen LogP contribution is -2.21. The molecule has 1 N–H and O–H groups in total. The minimum absolute atomic E-state index is 0.0115. The molecule has 0 spiro atoms. The molecular formula is C21H26N2O2. The lowest BCUT2D eigenvalue weighted by molar-refractivity contribution is -0.118. The lowest BCUT2D eigenvalue weighted by atomic mass is 10.1. The highest BCUT2D eigenvalue weighted by Crippen LogP contribution is 2.25. The molecule has 1 aliphatic heterocycles. The Morgan fingerprint density at radius 3 is 2.56 bits per heavy atom. The van der Waals surface area contributed by atoms with E-state index in [0.29, 0.717) is 0 Å². The van der Waals surface area contributed by atoms with E-state index in [4.69, 9.17) is 4.74 Å². The Bertz CT molecular complexity index is 764. The molecule has 2 aromatic rings. The Morgan fingerprint density at radius 1 is 1.08 bits per heavy atom. The number of nitrogens with one attached hydrogen (secondary N) is 1. The standard InChI is InChI=1S/C21H26N2O2/c1-15-7-6-8-20(17(15)3)25-14-21(24)22-19-10-9-18(13-16(19)2)23-11-4-5-12-23/h6-10,13H,4-5,11-12,14H2,1-3H3,(H,22,24). The van der Waals surface area contributed by atoms with Gasteiger partial charge < -0.3 is 15.0 Å². The van der Waals surface area contributed by atoms with Crippen LogP contribution in [-0.2, 0) is 4.79 Å². The number of amides is 1. The second-order valence-corrected chi connectivity index (χ2v) is 6.73. The van der Waals surface area contributed by atoms with Crippen LogP contribution in [-0.4, -0.2) is 25.6 Å². The van der Waals surface area contributed by atoms with E-state index in [0.717, 1.165) is 41.2 Å². The first-order valence-electron chi connectivity index (χ1n) is 8.89. The number of carbonyl (C=O) groups is 1. The van der Waals surface area contributed by atoms with E-state index in [1.54, 1.807) is 0 Å². The topological polar surface area (TPSA) is 41.6 Å². The van der Waals surface area contributed by atoms with Gasteiger partial charge in [0.05, 0.1) is 0 Å². The van der Waals surface area contributed by atoms with Crippen LogP contribution in [0.3, 0.4) is 0 Å². The van der Waals surface area contributed by atoms with Crippen molar-refractivity contribution in [2.45, 2.75) is 33.6 Å². The zero-order valence-electron chi connectivity index (χ0n) is 15.3. The molecule has 132 valence electrons. The van der Waals surface area contributed by atoms with E-state index in [1.165, 1.54) is 18.5 Å². The van der Waals surface area contributed by atoms with E-state index in [1.807, 2.05) is 45.0 Å². The molecule has 0 unspecified atom stereocenters. The summed E-state index contributed by atoms with van der Waals surface area (Å²) < 4.78 is 5.68. The number of hydrogen-bond acceptors (Lipinski definition) is 3. The Morgan fingerprint density at radius 2 is 1.84 bits per heavy atom. The molecule has 4 heteroatoms. The Kier molecular flexibility index (Phi) is 5.27. The minimum Gasteiger partial charge on any atom is -0.483 e. The van der Waals surface area contributed by atoms with Crippen molar-refractivity contribution in [3.8, 4) is 5.75 Å². The maximum absolute atomic E-state index is 12.2. The lowest BCUT2D eigenvalue weighted by Gasteiger charge is -2.19. The summed E-state index contributed by atoms with van der Waals surface area (Å²) in [6, 6.07) is 12.1. The molecule has 1 amide bonds. The number of rotatable bonds is 5. The molecule has 0 aromatic heterocycles. The van der Waals surface area contributed by atoms with Gasteiger partial charge >= 0.3 is 0 Å². The number of ether oxygens (including phenoxy) is 1. The van der Waals surface area contributed by atoms with Crippen LogP contribution in [0.15, 0.2) is 36.4 Å². The molecule has 1 aliphatic rings. The van der Waals surface area contributed by atoms with Gasteiger partial charge in [0.25, 0.3) is 5.91 Å². The van der Waals surface area contributed by atoms with E-state index in [-0.39, 0.29) is 12.5 Å². The van der Waals surface area contributed by atoms with Crippen molar-refractivity contribution in [2.75, 3.05) is 29.9 Å². The van der Waals surface area contributed by atoms with Gasteiger partial charge in [-0.1, -0.05) is 12.1 Å². The number of anilines is 2. The van der Waals surface area contributed by atoms with Crippen molar-refractivity contribution in [3.63, 3.8) is 0 Å². The number of hydrogen-bond donors (Lipinski definition) is 1. The summed E-state index contributed by atoms with van der Waals surface area (Å²) in [6.45, 7) is 8.32. The van der Waals surface area contributed by atoms with Gasteiger partial charge in [-0.2, -0.15) is 0 Å². The van der Waals surface area contributed by atoms with Crippen molar-refractivity contribution in [3.05, 3.63) is 53.1 Å². The smallest absolute Gasteiger partial charge is 0.262 e. The Labute approximate surface area is 149 Å². The van der Waals surface area contributed by atoms with Gasteiger partial charge in [-0.3, -0.25) is 4.79 Å². The van der Waals surface area contributed by atoms with Crippen molar-refractivity contribution < 1.29 is 9.53 Å². The fourth-order valence-electron chi connectivity index (χ4n) is 3.17. The summed E-state index contributed by atoms with van der Waals surface area (Å²) in [6.07, 6.45) is 2.51. The predicted molar refractivity (Wildman–Crippen MR) is 103 cm³/mol. The van der Waals surface area contributed by atoms with Gasteiger partial charge in [0.1, 0.15) is 5.75 Å². The zero-order valence-corrected chi connectivity index (χ0v) is 15.3. The third-order valence-corrected chi connectivity index (χ3v) is 4.87. The monoisotopic (exact) mass is 338 g/mol. The van der Waals surface area contributed by atoms with E-state index in [2.05, 4.69) is 22.3 Å². The van der Waals surface area contributed by atoms with Crippen molar-refractivity contribution in [1.82, 2.24) is 0 Å². The summed E-state index contributed by atoms with van der Waals surface area (Å²) >= 11 is 0. The van der Waals surface area contributed by atoms with Crippen LogP contribution in [0.1, 0.15) is 29.5 Å². The third-order valence-electron chi connectivity index (χ3n) is 4.87. The molecule has 1 heterocycles. The van der Waals surface area contributed by atoms with Crippen LogP contribution >= 0.6 is 0 Å². The molecular weight excluding hydrogens is 312 g/mol. The molecule has 0 bridgehead atoms. The molecule has 1 saturated heterocycles. The average molecular weight is 338 g/mol. The van der Waals surface area contributed by atoms with Gasteiger partial charge in [-0.05, 0) is 74.6 Å². The van der Waals surface area contributed by atoms with Crippen LogP contribution < -0.4 is 15.0 Å². The van der Waals surface area contributed by atoms with Crippen molar-refractivity contribution in [1.29, 1.82) is 0 Å². The largest absolute Gasteiger partial charge is 0.483 e. The normalized spacial score (nSPS) is 13.8. The fraction of sp³-hybridized carbons (Fsp3) is 0.381. The number of nitrogens with zero attached hydrogens (tertiary/aromatic N) is 1. The summed E-state index contributed by atoms with van der Waals surface area (Å²) in [7, 11) is 0. The average Bonchev–Trinajstić information content (AvgIpc) is 3.12. The van der Waals surface area contributed by atoms with E-state index < -0.39 is 0 Å². The van der Waals surface area contributed by atoms with Crippen LogP contribution in [0.25, 0.3) is 0 Å². The van der Waals surface area contributed by atoms with Gasteiger partial charge in [-0.25, -0.2) is 0 Å². The van der Waals surface area contributed by atoms with Crippen LogP contribution in [0, 0.1) is 20.8 Å². The van der Waals surface area contributed by atoms with Crippen LogP contribution in [0.5, 0.6) is 5.75 Å². The van der Waals surface area contributed by atoms with Gasteiger partial charge in [0.15, 0.2) is 6.61 Å². The predicted octanol–water partition coefficient (Wildman–Crippen LogP) is 4.23. The quantitative estimate of drug-likeness (QED) is 0.887. The summed E-state index contributed by atoms with van der Waals surface area (Å²) in [5.41, 5.74) is 5.38. The summed E-state index contributed by atoms with van der Waals surface area (Å²) in [5, 5.41) is 2.95. The number of aryl methyl sites for hydroxylation is 2. The summed E-state index contributed by atoms with van der Waals surface area (Å²) in [5.74, 6) is 0.620. The maximum Gasteiger partial charge on any atom is 0.262 e. The molecule has 25 heavy (non-hydrogen) atoms.